The Morgan fingerprint density at radius 2 is 1.53 bits per heavy atom. The highest BCUT2D eigenvalue weighted by molar-refractivity contribution is 7.91. The number of aryl methyl sites for hydroxylation is 2. The Labute approximate surface area is 111 Å². The number of hydrogen-bond donors (Lipinski definition) is 2. The SMILES string of the molecule is Cc1ccccc1S(=O)(=O)c1c(C)ccc(O)c1O. The van der Waals surface area contributed by atoms with Crippen LogP contribution in [-0.2, 0) is 9.84 Å². The van der Waals surface area contributed by atoms with Gasteiger partial charge in [0, 0.05) is 0 Å². The third-order valence-electron chi connectivity index (χ3n) is 2.96. The van der Waals surface area contributed by atoms with Crippen LogP contribution in [0.3, 0.4) is 0 Å². The first-order chi connectivity index (χ1) is 8.85. The van der Waals surface area contributed by atoms with Crippen LogP contribution in [0.25, 0.3) is 0 Å². The molecule has 5 heteroatoms. The van der Waals surface area contributed by atoms with Crippen molar-refractivity contribution in [1.82, 2.24) is 0 Å². The smallest absolute Gasteiger partial charge is 0.210 e. The highest BCUT2D eigenvalue weighted by atomic mass is 32.2. The van der Waals surface area contributed by atoms with E-state index in [2.05, 4.69) is 0 Å². The highest BCUT2D eigenvalue weighted by Crippen LogP contribution is 2.38. The van der Waals surface area contributed by atoms with Crippen molar-refractivity contribution in [2.45, 2.75) is 23.6 Å². The summed E-state index contributed by atoms with van der Waals surface area (Å²) in [5.74, 6) is -1.05. The zero-order valence-electron chi connectivity index (χ0n) is 10.6. The molecule has 100 valence electrons. The molecule has 0 aromatic heterocycles. The van der Waals surface area contributed by atoms with Gasteiger partial charge in [-0.2, -0.15) is 0 Å². The van der Waals surface area contributed by atoms with E-state index in [1.807, 2.05) is 0 Å². The third-order valence-corrected chi connectivity index (χ3v) is 5.05. The minimum atomic E-state index is -3.86. The summed E-state index contributed by atoms with van der Waals surface area (Å²) in [6.07, 6.45) is 0. The predicted molar refractivity (Wildman–Crippen MR) is 71.1 cm³/mol. The quantitative estimate of drug-likeness (QED) is 0.828. The zero-order chi connectivity index (χ0) is 14.2. The van der Waals surface area contributed by atoms with Gasteiger partial charge in [-0.1, -0.05) is 24.3 Å². The number of aromatic hydroxyl groups is 2. The second kappa shape index (κ2) is 4.59. The molecule has 2 rings (SSSR count). The van der Waals surface area contributed by atoms with E-state index < -0.39 is 21.3 Å². The molecule has 0 unspecified atom stereocenters. The maximum Gasteiger partial charge on any atom is 0.210 e. The summed E-state index contributed by atoms with van der Waals surface area (Å²) in [7, 11) is -3.86. The second-order valence-electron chi connectivity index (χ2n) is 4.35. The molecular formula is C14H14O4S. The highest BCUT2D eigenvalue weighted by Gasteiger charge is 2.26. The van der Waals surface area contributed by atoms with Crippen molar-refractivity contribution in [3.8, 4) is 11.5 Å². The molecule has 0 spiro atoms. The summed E-state index contributed by atoms with van der Waals surface area (Å²) in [4.78, 5) is -0.124. The lowest BCUT2D eigenvalue weighted by molar-refractivity contribution is 0.392. The summed E-state index contributed by atoms with van der Waals surface area (Å²) in [5.41, 5.74) is 0.975. The van der Waals surface area contributed by atoms with Gasteiger partial charge in [-0.25, -0.2) is 8.42 Å². The first-order valence-electron chi connectivity index (χ1n) is 5.68. The lowest BCUT2D eigenvalue weighted by Gasteiger charge is -2.12. The standard InChI is InChI=1S/C14H14O4S/c1-9-5-3-4-6-12(9)19(17,18)14-10(2)7-8-11(15)13(14)16/h3-8,15-16H,1-2H3. The molecule has 2 aromatic rings. The molecular weight excluding hydrogens is 264 g/mol. The Morgan fingerprint density at radius 3 is 2.16 bits per heavy atom. The van der Waals surface area contributed by atoms with Crippen molar-refractivity contribution in [2.75, 3.05) is 0 Å². The summed E-state index contributed by atoms with van der Waals surface area (Å²) >= 11 is 0. The van der Waals surface area contributed by atoms with Gasteiger partial charge in [-0.3, -0.25) is 0 Å². The Bertz CT molecular complexity index is 733. The normalized spacial score (nSPS) is 11.5. The Balaban J connectivity index is 2.79. The summed E-state index contributed by atoms with van der Waals surface area (Å²) in [5, 5.41) is 19.3. The van der Waals surface area contributed by atoms with Crippen LogP contribution in [0.4, 0.5) is 0 Å². The van der Waals surface area contributed by atoms with Gasteiger partial charge < -0.3 is 10.2 Å². The van der Waals surface area contributed by atoms with Crippen molar-refractivity contribution in [3.05, 3.63) is 47.5 Å². The molecule has 0 aliphatic carbocycles. The number of phenolic OH excluding ortho intramolecular Hbond substituents is 2. The van der Waals surface area contributed by atoms with E-state index in [0.29, 0.717) is 11.1 Å². The van der Waals surface area contributed by atoms with Gasteiger partial charge in [-0.05, 0) is 37.1 Å². The van der Waals surface area contributed by atoms with Crippen LogP contribution in [0.1, 0.15) is 11.1 Å². The minimum absolute atomic E-state index is 0.124. The van der Waals surface area contributed by atoms with Crippen molar-refractivity contribution in [1.29, 1.82) is 0 Å². The summed E-state index contributed by atoms with van der Waals surface area (Å²) in [6.45, 7) is 3.26. The van der Waals surface area contributed by atoms with Crippen LogP contribution in [0.15, 0.2) is 46.2 Å². The zero-order valence-corrected chi connectivity index (χ0v) is 11.4. The lowest BCUT2D eigenvalue weighted by Crippen LogP contribution is -2.06. The van der Waals surface area contributed by atoms with E-state index >= 15 is 0 Å². The largest absolute Gasteiger partial charge is 0.504 e. The van der Waals surface area contributed by atoms with Crippen LogP contribution >= 0.6 is 0 Å². The molecule has 0 atom stereocenters. The molecule has 2 aromatic carbocycles. The molecule has 0 saturated carbocycles. The van der Waals surface area contributed by atoms with Gasteiger partial charge in [-0.15, -0.1) is 0 Å². The average molecular weight is 278 g/mol. The number of hydrogen-bond acceptors (Lipinski definition) is 4. The van der Waals surface area contributed by atoms with Crippen LogP contribution in [0, 0.1) is 13.8 Å². The average Bonchev–Trinajstić information content (AvgIpc) is 2.34. The fourth-order valence-corrected chi connectivity index (χ4v) is 3.79. The van der Waals surface area contributed by atoms with Gasteiger partial charge >= 0.3 is 0 Å². The second-order valence-corrected chi connectivity index (χ2v) is 6.20. The fraction of sp³-hybridized carbons (Fsp3) is 0.143. The first kappa shape index (κ1) is 13.4. The number of benzene rings is 2. The van der Waals surface area contributed by atoms with Crippen molar-refractivity contribution < 1.29 is 18.6 Å². The molecule has 0 aliphatic rings. The third kappa shape index (κ3) is 2.17. The number of rotatable bonds is 2. The van der Waals surface area contributed by atoms with Gasteiger partial charge in [0.05, 0.1) is 4.90 Å². The molecule has 0 amide bonds. The molecule has 0 fully saturated rings. The van der Waals surface area contributed by atoms with Crippen LogP contribution in [0.2, 0.25) is 0 Å². The van der Waals surface area contributed by atoms with Crippen molar-refractivity contribution in [2.24, 2.45) is 0 Å². The van der Waals surface area contributed by atoms with Gasteiger partial charge in [0.1, 0.15) is 4.90 Å². The van der Waals surface area contributed by atoms with E-state index in [1.165, 1.54) is 18.2 Å². The summed E-state index contributed by atoms with van der Waals surface area (Å²) < 4.78 is 25.2. The fourth-order valence-electron chi connectivity index (χ4n) is 1.97. The van der Waals surface area contributed by atoms with E-state index in [-0.39, 0.29) is 9.79 Å². The molecule has 0 bridgehead atoms. The molecule has 0 heterocycles. The van der Waals surface area contributed by atoms with E-state index in [9.17, 15) is 18.6 Å². The van der Waals surface area contributed by atoms with Gasteiger partial charge in [0.15, 0.2) is 11.5 Å². The Hall–Kier alpha value is -2.01. The topological polar surface area (TPSA) is 74.6 Å². The molecule has 2 N–H and O–H groups in total. The molecule has 19 heavy (non-hydrogen) atoms. The first-order valence-corrected chi connectivity index (χ1v) is 7.16. The predicted octanol–water partition coefficient (Wildman–Crippen LogP) is 2.55. The lowest BCUT2D eigenvalue weighted by atomic mass is 10.2. The van der Waals surface area contributed by atoms with Crippen LogP contribution in [0.5, 0.6) is 11.5 Å². The Kier molecular flexibility index (Phi) is 3.24. The van der Waals surface area contributed by atoms with Crippen LogP contribution in [-0.4, -0.2) is 18.6 Å². The van der Waals surface area contributed by atoms with E-state index in [4.69, 9.17) is 0 Å². The van der Waals surface area contributed by atoms with E-state index in [0.717, 1.165) is 0 Å². The van der Waals surface area contributed by atoms with E-state index in [1.54, 1.807) is 32.0 Å². The molecule has 0 radical (unpaired) electrons. The number of phenols is 2. The number of sulfone groups is 1. The molecule has 4 nitrogen and oxygen atoms in total. The van der Waals surface area contributed by atoms with Gasteiger partial charge in [0.2, 0.25) is 9.84 Å². The Morgan fingerprint density at radius 1 is 0.895 bits per heavy atom. The van der Waals surface area contributed by atoms with Crippen LogP contribution < -0.4 is 0 Å². The monoisotopic (exact) mass is 278 g/mol. The maximum absolute atomic E-state index is 12.6. The summed E-state index contributed by atoms with van der Waals surface area (Å²) in [6, 6.07) is 9.25. The molecule has 0 saturated heterocycles. The van der Waals surface area contributed by atoms with Crippen molar-refractivity contribution in [3.63, 3.8) is 0 Å². The van der Waals surface area contributed by atoms with Crippen molar-refractivity contribution >= 4 is 9.84 Å². The molecule has 0 aliphatic heterocycles. The minimum Gasteiger partial charge on any atom is -0.504 e. The maximum atomic E-state index is 12.6. The van der Waals surface area contributed by atoms with Gasteiger partial charge in [0.25, 0.3) is 0 Å².